The van der Waals surface area contributed by atoms with E-state index in [4.69, 9.17) is 14.5 Å². The van der Waals surface area contributed by atoms with Gasteiger partial charge in [-0.3, -0.25) is 4.79 Å². The lowest BCUT2D eigenvalue weighted by Gasteiger charge is -2.34. The van der Waals surface area contributed by atoms with Crippen molar-refractivity contribution in [1.29, 1.82) is 0 Å². The number of benzene rings is 2. The Hall–Kier alpha value is -3.69. The number of fused-ring (bicyclic) bond motifs is 3. The summed E-state index contributed by atoms with van der Waals surface area (Å²) in [5, 5.41) is 3.36. The summed E-state index contributed by atoms with van der Waals surface area (Å²) in [6.45, 7) is 5.41. The van der Waals surface area contributed by atoms with Crippen molar-refractivity contribution >= 4 is 28.9 Å². The lowest BCUT2D eigenvalue weighted by Crippen LogP contribution is -2.44. The van der Waals surface area contributed by atoms with Crippen molar-refractivity contribution in [1.82, 2.24) is 14.9 Å². The first-order valence-electron chi connectivity index (χ1n) is 13.3. The van der Waals surface area contributed by atoms with Crippen molar-refractivity contribution in [3.8, 4) is 17.0 Å². The maximum Gasteiger partial charge on any atom is 0.231 e. The molecule has 0 spiro atoms. The minimum atomic E-state index is 0.0774. The van der Waals surface area contributed by atoms with Crippen LogP contribution >= 0.6 is 0 Å². The molecule has 4 heterocycles. The zero-order valence-corrected chi connectivity index (χ0v) is 22.0. The second kappa shape index (κ2) is 10.6. The van der Waals surface area contributed by atoms with Gasteiger partial charge in [-0.25, -0.2) is 9.97 Å². The number of carbonyl (C=O) groups is 1. The molecule has 1 N–H and O–H groups in total. The van der Waals surface area contributed by atoms with Gasteiger partial charge >= 0.3 is 0 Å². The standard InChI is InChI=1S/C29H34N6O3/c1-33-11-13-34(14-12-33)22-7-8-24(26(18-22)37-2)31-29-30-19-20-17-27(36)35(21-9-15-38-16-10-21)25-6-4-3-5-23(25)28(20)32-29/h3-8,18-19,21H,9-17H2,1-2H3,(H,30,31,32). The fraction of sp³-hybridized carbons (Fsp3) is 0.414. The maximum absolute atomic E-state index is 13.5. The lowest BCUT2D eigenvalue weighted by molar-refractivity contribution is -0.118. The van der Waals surface area contributed by atoms with Crippen LogP contribution < -0.4 is 19.9 Å². The second-order valence-corrected chi connectivity index (χ2v) is 10.2. The molecule has 0 saturated carbocycles. The molecule has 198 valence electrons. The smallest absolute Gasteiger partial charge is 0.231 e. The van der Waals surface area contributed by atoms with Crippen molar-refractivity contribution in [2.24, 2.45) is 0 Å². The van der Waals surface area contributed by atoms with Crippen LogP contribution in [0.25, 0.3) is 11.3 Å². The van der Waals surface area contributed by atoms with Crippen molar-refractivity contribution in [2.75, 3.05) is 68.7 Å². The summed E-state index contributed by atoms with van der Waals surface area (Å²) >= 11 is 0. The molecular formula is C29H34N6O3. The number of likely N-dealkylation sites (N-methyl/N-ethyl adjacent to an activating group) is 1. The minimum Gasteiger partial charge on any atom is -0.494 e. The summed E-state index contributed by atoms with van der Waals surface area (Å²) in [5.74, 6) is 1.28. The van der Waals surface area contributed by atoms with E-state index in [1.54, 1.807) is 13.3 Å². The average Bonchev–Trinajstić information content (AvgIpc) is 3.07. The Bertz CT molecular complexity index is 1320. The third-order valence-corrected chi connectivity index (χ3v) is 7.75. The van der Waals surface area contributed by atoms with Crippen LogP contribution in [0, 0.1) is 0 Å². The summed E-state index contributed by atoms with van der Waals surface area (Å²) in [6.07, 6.45) is 3.71. The monoisotopic (exact) mass is 514 g/mol. The zero-order valence-electron chi connectivity index (χ0n) is 22.0. The van der Waals surface area contributed by atoms with Crippen LogP contribution in [0.3, 0.4) is 0 Å². The largest absolute Gasteiger partial charge is 0.494 e. The summed E-state index contributed by atoms with van der Waals surface area (Å²) in [6, 6.07) is 14.4. The molecule has 0 unspecified atom stereocenters. The number of piperazine rings is 1. The molecule has 3 aliphatic heterocycles. The SMILES string of the molecule is COc1cc(N2CCN(C)CC2)ccc1Nc1ncc2c(n1)-c1ccccc1N(C1CCOCC1)C(=O)C2. The topological polar surface area (TPSA) is 83.1 Å². The van der Waals surface area contributed by atoms with E-state index in [0.717, 1.165) is 78.7 Å². The molecule has 0 aliphatic carbocycles. The van der Waals surface area contributed by atoms with E-state index >= 15 is 0 Å². The third kappa shape index (κ3) is 4.79. The fourth-order valence-electron chi connectivity index (χ4n) is 5.60. The van der Waals surface area contributed by atoms with Gasteiger partial charge in [0.25, 0.3) is 0 Å². The highest BCUT2D eigenvalue weighted by molar-refractivity contribution is 6.02. The van der Waals surface area contributed by atoms with Crippen molar-refractivity contribution in [2.45, 2.75) is 25.3 Å². The molecule has 38 heavy (non-hydrogen) atoms. The van der Waals surface area contributed by atoms with Gasteiger partial charge in [0.15, 0.2) is 0 Å². The Morgan fingerprint density at radius 2 is 1.84 bits per heavy atom. The number of rotatable bonds is 5. The van der Waals surface area contributed by atoms with E-state index < -0.39 is 0 Å². The van der Waals surface area contributed by atoms with Crippen LogP contribution in [0.5, 0.6) is 5.75 Å². The molecule has 3 aromatic rings. The molecule has 2 fully saturated rings. The molecule has 9 heteroatoms. The number of ether oxygens (including phenoxy) is 2. The van der Waals surface area contributed by atoms with Crippen molar-refractivity contribution in [3.05, 3.63) is 54.2 Å². The van der Waals surface area contributed by atoms with Gasteiger partial charge in [-0.1, -0.05) is 18.2 Å². The normalized spacial score (nSPS) is 18.5. The second-order valence-electron chi connectivity index (χ2n) is 10.2. The molecule has 6 rings (SSSR count). The zero-order chi connectivity index (χ0) is 26.1. The number of aromatic nitrogens is 2. The van der Waals surface area contributed by atoms with Gasteiger partial charge in [0.2, 0.25) is 11.9 Å². The number of carbonyl (C=O) groups excluding carboxylic acids is 1. The lowest BCUT2D eigenvalue weighted by atomic mass is 10.0. The Balaban J connectivity index is 1.30. The van der Waals surface area contributed by atoms with Crippen LogP contribution in [0.4, 0.5) is 23.0 Å². The summed E-state index contributed by atoms with van der Waals surface area (Å²) in [4.78, 5) is 29.7. The number of nitrogens with zero attached hydrogens (tertiary/aromatic N) is 5. The average molecular weight is 515 g/mol. The molecule has 1 aromatic heterocycles. The fourth-order valence-corrected chi connectivity index (χ4v) is 5.60. The van der Waals surface area contributed by atoms with E-state index in [9.17, 15) is 4.79 Å². The van der Waals surface area contributed by atoms with Crippen molar-refractivity contribution < 1.29 is 14.3 Å². The van der Waals surface area contributed by atoms with E-state index in [1.807, 2.05) is 35.2 Å². The molecule has 9 nitrogen and oxygen atoms in total. The molecule has 0 atom stereocenters. The maximum atomic E-state index is 13.5. The molecular weight excluding hydrogens is 480 g/mol. The molecule has 1 amide bonds. The Kier molecular flexibility index (Phi) is 6.86. The first-order chi connectivity index (χ1) is 18.6. The predicted molar refractivity (Wildman–Crippen MR) is 148 cm³/mol. The summed E-state index contributed by atoms with van der Waals surface area (Å²) < 4.78 is 11.3. The molecule has 2 saturated heterocycles. The minimum absolute atomic E-state index is 0.0774. The molecule has 3 aliphatic rings. The van der Waals surface area contributed by atoms with Crippen LogP contribution in [0.1, 0.15) is 18.4 Å². The van der Waals surface area contributed by atoms with Crippen LogP contribution in [0.15, 0.2) is 48.7 Å². The van der Waals surface area contributed by atoms with Gasteiger partial charge in [-0.05, 0) is 38.1 Å². The van der Waals surface area contributed by atoms with Gasteiger partial charge in [-0.15, -0.1) is 0 Å². The number of hydrogen-bond donors (Lipinski definition) is 1. The predicted octanol–water partition coefficient (Wildman–Crippen LogP) is 3.72. The number of para-hydroxylation sites is 1. The van der Waals surface area contributed by atoms with Gasteiger partial charge in [0, 0.05) is 74.5 Å². The van der Waals surface area contributed by atoms with Gasteiger partial charge in [0.1, 0.15) is 5.75 Å². The number of hydrogen-bond acceptors (Lipinski definition) is 8. The number of amides is 1. The Morgan fingerprint density at radius 3 is 2.63 bits per heavy atom. The van der Waals surface area contributed by atoms with Crippen LogP contribution in [-0.2, 0) is 16.0 Å². The Morgan fingerprint density at radius 1 is 1.05 bits per heavy atom. The summed E-state index contributed by atoms with van der Waals surface area (Å²) in [7, 11) is 3.83. The van der Waals surface area contributed by atoms with Gasteiger partial charge in [0.05, 0.1) is 30.6 Å². The van der Waals surface area contributed by atoms with Crippen molar-refractivity contribution in [3.63, 3.8) is 0 Å². The van der Waals surface area contributed by atoms with E-state index in [-0.39, 0.29) is 18.4 Å². The number of nitrogens with one attached hydrogen (secondary N) is 1. The highest BCUT2D eigenvalue weighted by Gasteiger charge is 2.33. The van der Waals surface area contributed by atoms with E-state index in [1.165, 1.54) is 0 Å². The molecule has 0 bridgehead atoms. The van der Waals surface area contributed by atoms with Crippen LogP contribution in [-0.4, -0.2) is 80.4 Å². The Labute approximate surface area is 223 Å². The quantitative estimate of drug-likeness (QED) is 0.552. The van der Waals surface area contributed by atoms with Crippen LogP contribution in [0.2, 0.25) is 0 Å². The number of methoxy groups -OCH3 is 1. The number of anilines is 4. The van der Waals surface area contributed by atoms with Gasteiger partial charge < -0.3 is 29.5 Å². The molecule has 2 aromatic carbocycles. The highest BCUT2D eigenvalue weighted by Crippen LogP contribution is 2.39. The first-order valence-corrected chi connectivity index (χ1v) is 13.3. The summed E-state index contributed by atoms with van der Waals surface area (Å²) in [5.41, 5.74) is 5.41. The van der Waals surface area contributed by atoms with E-state index in [2.05, 4.69) is 39.3 Å². The molecule has 0 radical (unpaired) electrons. The van der Waals surface area contributed by atoms with Gasteiger partial charge in [-0.2, -0.15) is 0 Å². The first kappa shape index (κ1) is 24.6. The third-order valence-electron chi connectivity index (χ3n) is 7.75. The van der Waals surface area contributed by atoms with E-state index in [0.29, 0.717) is 19.2 Å². The highest BCUT2D eigenvalue weighted by atomic mass is 16.5.